The Balaban J connectivity index is 1.91. The number of piperazine rings is 1. The number of rotatable bonds is 1. The van der Waals surface area contributed by atoms with Gasteiger partial charge in [0.1, 0.15) is 5.82 Å². The van der Waals surface area contributed by atoms with Crippen LogP contribution < -0.4 is 5.32 Å². The molecule has 0 unspecified atom stereocenters. The number of carbonyl (C=O) groups excluding carboxylic acids is 1. The third-order valence-electron chi connectivity index (χ3n) is 3.09. The van der Waals surface area contributed by atoms with Crippen molar-refractivity contribution in [3.05, 3.63) is 35.0 Å². The minimum Gasteiger partial charge on any atom is -0.335 e. The highest BCUT2D eigenvalue weighted by Crippen LogP contribution is 2.27. The maximum atomic E-state index is 13.1. The van der Waals surface area contributed by atoms with Crippen molar-refractivity contribution in [1.29, 1.82) is 0 Å². The van der Waals surface area contributed by atoms with Crippen molar-refractivity contribution in [3.63, 3.8) is 0 Å². The zero-order valence-corrected chi connectivity index (χ0v) is 10.6. The van der Waals surface area contributed by atoms with Crippen molar-refractivity contribution in [3.8, 4) is 0 Å². The Bertz CT molecular complexity index is 590. The monoisotopic (exact) mass is 264 g/mol. The first-order valence-electron chi connectivity index (χ1n) is 5.93. The van der Waals surface area contributed by atoms with Crippen LogP contribution in [0.15, 0.2) is 24.3 Å². The first kappa shape index (κ1) is 11.6. The molecule has 0 saturated carbocycles. The summed E-state index contributed by atoms with van der Waals surface area (Å²) in [5, 5.41) is 4.02. The molecule has 1 aromatic carbocycles. The summed E-state index contributed by atoms with van der Waals surface area (Å²) in [6.07, 6.45) is 0. The van der Waals surface area contributed by atoms with Gasteiger partial charge in [-0.05, 0) is 29.7 Å². The SMILES string of the molecule is O=C(c1cc2cc(F)ccc2s1)N1CCNCC1. The maximum Gasteiger partial charge on any atom is 0.264 e. The zero-order valence-electron chi connectivity index (χ0n) is 9.78. The Hall–Kier alpha value is -1.46. The summed E-state index contributed by atoms with van der Waals surface area (Å²) < 4.78 is 14.1. The van der Waals surface area contributed by atoms with Gasteiger partial charge in [0.2, 0.25) is 0 Å². The number of thiophene rings is 1. The van der Waals surface area contributed by atoms with Gasteiger partial charge in [-0.2, -0.15) is 0 Å². The van der Waals surface area contributed by atoms with E-state index in [1.807, 2.05) is 4.90 Å². The lowest BCUT2D eigenvalue weighted by atomic mass is 10.2. The van der Waals surface area contributed by atoms with Crippen molar-refractivity contribution in [2.24, 2.45) is 0 Å². The van der Waals surface area contributed by atoms with Crippen LogP contribution in [0.1, 0.15) is 9.67 Å². The fourth-order valence-corrected chi connectivity index (χ4v) is 3.15. The lowest BCUT2D eigenvalue weighted by Gasteiger charge is -2.26. The molecule has 0 bridgehead atoms. The fourth-order valence-electron chi connectivity index (χ4n) is 2.14. The average molecular weight is 264 g/mol. The second-order valence-electron chi connectivity index (χ2n) is 4.33. The van der Waals surface area contributed by atoms with Gasteiger partial charge in [-0.3, -0.25) is 4.79 Å². The fraction of sp³-hybridized carbons (Fsp3) is 0.308. The van der Waals surface area contributed by atoms with Crippen LogP contribution in [0.5, 0.6) is 0 Å². The highest BCUT2D eigenvalue weighted by atomic mass is 32.1. The van der Waals surface area contributed by atoms with Crippen molar-refractivity contribution in [1.82, 2.24) is 10.2 Å². The molecule has 0 spiro atoms. The number of carbonyl (C=O) groups is 1. The molecule has 2 aromatic rings. The van der Waals surface area contributed by atoms with Gasteiger partial charge in [-0.1, -0.05) is 0 Å². The number of benzene rings is 1. The molecule has 0 atom stereocenters. The van der Waals surface area contributed by atoms with E-state index in [1.165, 1.54) is 23.5 Å². The predicted octanol–water partition coefficient (Wildman–Crippen LogP) is 2.09. The molecule has 2 heterocycles. The number of nitrogens with zero attached hydrogens (tertiary/aromatic N) is 1. The summed E-state index contributed by atoms with van der Waals surface area (Å²) in [4.78, 5) is 14.8. The van der Waals surface area contributed by atoms with Crippen molar-refractivity contribution in [2.75, 3.05) is 26.2 Å². The summed E-state index contributed by atoms with van der Waals surface area (Å²) >= 11 is 1.43. The smallest absolute Gasteiger partial charge is 0.264 e. The van der Waals surface area contributed by atoms with E-state index in [0.29, 0.717) is 4.88 Å². The van der Waals surface area contributed by atoms with Crippen molar-refractivity contribution in [2.45, 2.75) is 0 Å². The summed E-state index contributed by atoms with van der Waals surface area (Å²) in [5.41, 5.74) is 0. The Morgan fingerprint density at radius 1 is 1.28 bits per heavy atom. The number of fused-ring (bicyclic) bond motifs is 1. The molecule has 1 fully saturated rings. The lowest BCUT2D eigenvalue weighted by Crippen LogP contribution is -2.46. The van der Waals surface area contributed by atoms with E-state index in [1.54, 1.807) is 12.1 Å². The van der Waals surface area contributed by atoms with E-state index in [-0.39, 0.29) is 11.7 Å². The molecule has 3 rings (SSSR count). The molecule has 0 radical (unpaired) electrons. The molecule has 5 heteroatoms. The second kappa shape index (κ2) is 4.66. The van der Waals surface area contributed by atoms with Crippen LogP contribution in [0.3, 0.4) is 0 Å². The minimum absolute atomic E-state index is 0.0538. The van der Waals surface area contributed by atoms with Gasteiger partial charge in [-0.15, -0.1) is 11.3 Å². The van der Waals surface area contributed by atoms with Crippen LogP contribution in [0.2, 0.25) is 0 Å². The third kappa shape index (κ3) is 2.11. The van der Waals surface area contributed by atoms with Crippen LogP contribution >= 0.6 is 11.3 Å². The largest absolute Gasteiger partial charge is 0.335 e. The summed E-state index contributed by atoms with van der Waals surface area (Å²) in [6, 6.07) is 6.41. The van der Waals surface area contributed by atoms with Crippen molar-refractivity contribution < 1.29 is 9.18 Å². The molecule has 1 saturated heterocycles. The second-order valence-corrected chi connectivity index (χ2v) is 5.42. The van der Waals surface area contributed by atoms with E-state index in [2.05, 4.69) is 5.32 Å². The first-order valence-corrected chi connectivity index (χ1v) is 6.75. The number of hydrogen-bond acceptors (Lipinski definition) is 3. The standard InChI is InChI=1S/C13H13FN2OS/c14-10-1-2-11-9(7-10)8-12(18-11)13(17)16-5-3-15-4-6-16/h1-2,7-8,15H,3-6H2. The van der Waals surface area contributed by atoms with E-state index in [4.69, 9.17) is 0 Å². The molecule has 1 aliphatic heterocycles. The Morgan fingerprint density at radius 3 is 2.83 bits per heavy atom. The molecule has 0 aliphatic carbocycles. The van der Waals surface area contributed by atoms with Crippen LogP contribution in [-0.2, 0) is 0 Å². The average Bonchev–Trinajstić information content (AvgIpc) is 2.81. The van der Waals surface area contributed by atoms with E-state index in [9.17, 15) is 9.18 Å². The molecular weight excluding hydrogens is 251 g/mol. The Labute approximate surface area is 108 Å². The lowest BCUT2D eigenvalue weighted by molar-refractivity contribution is 0.0741. The molecule has 1 N–H and O–H groups in total. The van der Waals surface area contributed by atoms with Gasteiger partial charge < -0.3 is 10.2 Å². The highest BCUT2D eigenvalue weighted by molar-refractivity contribution is 7.20. The van der Waals surface area contributed by atoms with E-state index >= 15 is 0 Å². The van der Waals surface area contributed by atoms with Gasteiger partial charge >= 0.3 is 0 Å². The maximum absolute atomic E-state index is 13.1. The number of nitrogens with one attached hydrogen (secondary N) is 1. The zero-order chi connectivity index (χ0) is 12.5. The molecule has 1 amide bonds. The van der Waals surface area contributed by atoms with Gasteiger partial charge in [0.05, 0.1) is 4.88 Å². The van der Waals surface area contributed by atoms with Crippen LogP contribution in [0, 0.1) is 5.82 Å². The predicted molar refractivity (Wildman–Crippen MR) is 70.6 cm³/mol. The van der Waals surface area contributed by atoms with Crippen LogP contribution in [-0.4, -0.2) is 37.0 Å². The van der Waals surface area contributed by atoms with Gasteiger partial charge in [0, 0.05) is 30.9 Å². The van der Waals surface area contributed by atoms with Crippen LogP contribution in [0.4, 0.5) is 4.39 Å². The molecule has 94 valence electrons. The van der Waals surface area contributed by atoms with Crippen LogP contribution in [0.25, 0.3) is 10.1 Å². The topological polar surface area (TPSA) is 32.3 Å². The number of halogens is 1. The Morgan fingerprint density at radius 2 is 2.06 bits per heavy atom. The van der Waals surface area contributed by atoms with E-state index < -0.39 is 0 Å². The van der Waals surface area contributed by atoms with Gasteiger partial charge in [-0.25, -0.2) is 4.39 Å². The summed E-state index contributed by atoms with van der Waals surface area (Å²) in [6.45, 7) is 3.15. The molecule has 3 nitrogen and oxygen atoms in total. The molecular formula is C13H13FN2OS. The highest BCUT2D eigenvalue weighted by Gasteiger charge is 2.19. The molecule has 18 heavy (non-hydrogen) atoms. The quantitative estimate of drug-likeness (QED) is 0.855. The number of amides is 1. The van der Waals surface area contributed by atoms with E-state index in [0.717, 1.165) is 36.3 Å². The summed E-state index contributed by atoms with van der Waals surface area (Å²) in [5.74, 6) is -0.209. The summed E-state index contributed by atoms with van der Waals surface area (Å²) in [7, 11) is 0. The van der Waals surface area contributed by atoms with Gasteiger partial charge in [0.25, 0.3) is 5.91 Å². The molecule has 1 aromatic heterocycles. The third-order valence-corrected chi connectivity index (χ3v) is 4.20. The normalized spacial score (nSPS) is 16.2. The Kier molecular flexibility index (Phi) is 3.01. The number of hydrogen-bond donors (Lipinski definition) is 1. The first-order chi connectivity index (χ1) is 8.74. The minimum atomic E-state index is -0.263. The van der Waals surface area contributed by atoms with Gasteiger partial charge in [0.15, 0.2) is 0 Å². The molecule has 1 aliphatic rings. The van der Waals surface area contributed by atoms with Crippen molar-refractivity contribution >= 4 is 27.3 Å².